The monoisotopic (exact) mass is 544 g/mol. The highest BCUT2D eigenvalue weighted by molar-refractivity contribution is 5.86. The first kappa shape index (κ1) is 25.9. The topological polar surface area (TPSA) is 115 Å². The number of rotatable bonds is 6. The number of hydrogen-bond acceptors (Lipinski definition) is 8. The minimum absolute atomic E-state index is 0.0549. The van der Waals surface area contributed by atoms with Crippen LogP contribution in [0.15, 0.2) is 67.1 Å². The number of anilines is 2. The summed E-state index contributed by atoms with van der Waals surface area (Å²) in [5.41, 5.74) is 12.1. The zero-order valence-electron chi connectivity index (χ0n) is 23.6. The van der Waals surface area contributed by atoms with Crippen molar-refractivity contribution in [2.24, 2.45) is 17.1 Å². The maximum atomic E-state index is 7.19. The van der Waals surface area contributed by atoms with Crippen LogP contribution in [0.4, 0.5) is 11.6 Å². The Labute approximate surface area is 240 Å². The molecule has 0 bridgehead atoms. The van der Waals surface area contributed by atoms with Gasteiger partial charge in [0, 0.05) is 35.3 Å². The number of piperidine rings is 1. The molecule has 1 aliphatic heterocycles. The number of nitrogens with zero attached hydrogens (tertiary/aromatic N) is 5. The standard InChI is InChI=1S/C33H36N8/c1-33(2)19-35-14-13-24(33)30(34)31-29-23(20-7-5-8-20)17-36-18-26(29)39-32(41-31)22-12-15-37-28(16-22)40-27-11-10-21-6-3-4-9-25(21)38-27/h3-4,6,9-12,15-18,20,24,30,35H,5,7-8,13-14,19,34H2,1-2H3,(H,37,38,40). The van der Waals surface area contributed by atoms with Crippen LogP contribution in [-0.4, -0.2) is 38.0 Å². The van der Waals surface area contributed by atoms with E-state index in [2.05, 4.69) is 46.6 Å². The molecule has 7 rings (SSSR count). The summed E-state index contributed by atoms with van der Waals surface area (Å²) in [5.74, 6) is 2.85. The molecule has 208 valence electrons. The lowest BCUT2D eigenvalue weighted by atomic mass is 9.69. The van der Waals surface area contributed by atoms with Crippen molar-refractivity contribution in [3.8, 4) is 11.4 Å². The van der Waals surface area contributed by atoms with Crippen molar-refractivity contribution in [2.45, 2.75) is 51.5 Å². The van der Waals surface area contributed by atoms with Crippen molar-refractivity contribution in [1.82, 2.24) is 30.2 Å². The van der Waals surface area contributed by atoms with E-state index in [-0.39, 0.29) is 11.5 Å². The molecule has 2 aliphatic rings. The van der Waals surface area contributed by atoms with Gasteiger partial charge in [-0.2, -0.15) is 0 Å². The molecule has 1 saturated heterocycles. The van der Waals surface area contributed by atoms with E-state index in [0.717, 1.165) is 58.4 Å². The minimum atomic E-state index is -0.209. The van der Waals surface area contributed by atoms with E-state index < -0.39 is 0 Å². The number of hydrogen-bond donors (Lipinski definition) is 3. The molecule has 0 amide bonds. The van der Waals surface area contributed by atoms with Crippen LogP contribution in [0.2, 0.25) is 0 Å². The number of aromatic nitrogens is 5. The smallest absolute Gasteiger partial charge is 0.160 e. The van der Waals surface area contributed by atoms with Gasteiger partial charge in [0.2, 0.25) is 0 Å². The normalized spacial score (nSPS) is 19.6. The molecule has 8 heteroatoms. The van der Waals surface area contributed by atoms with E-state index in [1.54, 1.807) is 6.20 Å². The van der Waals surface area contributed by atoms with Crippen LogP contribution >= 0.6 is 0 Å². The fourth-order valence-electron chi connectivity index (χ4n) is 6.49. The van der Waals surface area contributed by atoms with Crippen molar-refractivity contribution in [1.29, 1.82) is 0 Å². The van der Waals surface area contributed by atoms with Gasteiger partial charge in [0.15, 0.2) is 5.82 Å². The van der Waals surface area contributed by atoms with Gasteiger partial charge < -0.3 is 16.4 Å². The lowest BCUT2D eigenvalue weighted by Gasteiger charge is -2.42. The van der Waals surface area contributed by atoms with Gasteiger partial charge in [-0.15, -0.1) is 0 Å². The Balaban J connectivity index is 1.30. The van der Waals surface area contributed by atoms with E-state index in [9.17, 15) is 0 Å². The van der Waals surface area contributed by atoms with Gasteiger partial charge in [-0.3, -0.25) is 4.98 Å². The molecule has 4 N–H and O–H groups in total. The first-order valence-corrected chi connectivity index (χ1v) is 14.7. The summed E-state index contributed by atoms with van der Waals surface area (Å²) in [4.78, 5) is 24.2. The van der Waals surface area contributed by atoms with Crippen LogP contribution in [0.1, 0.15) is 62.7 Å². The third-order valence-corrected chi connectivity index (χ3v) is 9.05. The van der Waals surface area contributed by atoms with Crippen molar-refractivity contribution in [3.63, 3.8) is 0 Å². The molecule has 5 aromatic rings. The summed E-state index contributed by atoms with van der Waals surface area (Å²) in [6.07, 6.45) is 10.3. The Morgan fingerprint density at radius 3 is 2.66 bits per heavy atom. The number of benzene rings is 1. The van der Waals surface area contributed by atoms with Gasteiger partial charge in [0.25, 0.3) is 0 Å². The van der Waals surface area contributed by atoms with E-state index >= 15 is 0 Å². The molecule has 8 nitrogen and oxygen atoms in total. The average Bonchev–Trinajstić information content (AvgIpc) is 2.95. The lowest BCUT2D eigenvalue weighted by Crippen LogP contribution is -2.47. The van der Waals surface area contributed by atoms with Crippen LogP contribution < -0.4 is 16.4 Å². The maximum Gasteiger partial charge on any atom is 0.160 e. The van der Waals surface area contributed by atoms with Crippen LogP contribution in [0.25, 0.3) is 33.2 Å². The first-order valence-electron chi connectivity index (χ1n) is 14.7. The Morgan fingerprint density at radius 2 is 1.83 bits per heavy atom. The van der Waals surface area contributed by atoms with Crippen molar-refractivity contribution in [2.75, 3.05) is 18.4 Å². The fourth-order valence-corrected chi connectivity index (χ4v) is 6.49. The highest BCUT2D eigenvalue weighted by atomic mass is 15.1. The summed E-state index contributed by atoms with van der Waals surface area (Å²) in [6, 6.07) is 15.8. The van der Waals surface area contributed by atoms with Gasteiger partial charge in [-0.25, -0.2) is 19.9 Å². The van der Waals surface area contributed by atoms with Crippen LogP contribution in [0.3, 0.4) is 0 Å². The van der Waals surface area contributed by atoms with E-state index in [0.29, 0.717) is 23.5 Å². The van der Waals surface area contributed by atoms with Gasteiger partial charge in [-0.05, 0) is 79.0 Å². The highest BCUT2D eigenvalue weighted by Gasteiger charge is 2.39. The quantitative estimate of drug-likeness (QED) is 0.229. The zero-order chi connectivity index (χ0) is 28.0. The zero-order valence-corrected chi connectivity index (χ0v) is 23.6. The van der Waals surface area contributed by atoms with E-state index in [1.807, 2.05) is 48.8 Å². The van der Waals surface area contributed by atoms with Gasteiger partial charge in [0.05, 0.1) is 29.0 Å². The Morgan fingerprint density at radius 1 is 0.951 bits per heavy atom. The molecule has 0 spiro atoms. The Hall–Kier alpha value is -4.01. The minimum Gasteiger partial charge on any atom is -0.325 e. The largest absolute Gasteiger partial charge is 0.325 e. The van der Waals surface area contributed by atoms with Crippen molar-refractivity contribution >= 4 is 33.4 Å². The number of pyridine rings is 3. The molecule has 2 atom stereocenters. The van der Waals surface area contributed by atoms with Gasteiger partial charge in [0.1, 0.15) is 11.6 Å². The number of nitrogens with two attached hydrogens (primary N) is 1. The summed E-state index contributed by atoms with van der Waals surface area (Å²) in [6.45, 7) is 6.53. The molecular weight excluding hydrogens is 508 g/mol. The summed E-state index contributed by atoms with van der Waals surface area (Å²) in [5, 5.41) is 9.11. The van der Waals surface area contributed by atoms with E-state index in [1.165, 1.54) is 24.8 Å². The SMILES string of the molecule is CC1(C)CNCCC1C(N)c1nc(-c2ccnc(Nc3ccc4ccccc4n3)c2)nc2cncc(C3CCC3)c12. The Bertz CT molecular complexity index is 1730. The van der Waals surface area contributed by atoms with Crippen molar-refractivity contribution in [3.05, 3.63) is 78.4 Å². The lowest BCUT2D eigenvalue weighted by molar-refractivity contribution is 0.128. The third kappa shape index (κ3) is 4.91. The second-order valence-corrected chi connectivity index (χ2v) is 12.2. The molecule has 1 saturated carbocycles. The maximum absolute atomic E-state index is 7.19. The molecular formula is C33H36N8. The van der Waals surface area contributed by atoms with Crippen LogP contribution in [-0.2, 0) is 0 Å². The summed E-state index contributed by atoms with van der Waals surface area (Å²) in [7, 11) is 0. The molecule has 5 heterocycles. The molecule has 2 unspecified atom stereocenters. The number of fused-ring (bicyclic) bond motifs is 2. The van der Waals surface area contributed by atoms with Gasteiger partial charge >= 0.3 is 0 Å². The molecule has 1 aliphatic carbocycles. The summed E-state index contributed by atoms with van der Waals surface area (Å²) < 4.78 is 0. The predicted molar refractivity (Wildman–Crippen MR) is 164 cm³/mol. The first-order chi connectivity index (χ1) is 20.0. The molecule has 4 aromatic heterocycles. The van der Waals surface area contributed by atoms with E-state index in [4.69, 9.17) is 20.7 Å². The number of nitrogens with one attached hydrogen (secondary N) is 2. The van der Waals surface area contributed by atoms with Crippen molar-refractivity contribution < 1.29 is 0 Å². The Kier molecular flexibility index (Phi) is 6.60. The van der Waals surface area contributed by atoms with Crippen LogP contribution in [0, 0.1) is 11.3 Å². The predicted octanol–water partition coefficient (Wildman–Crippen LogP) is 6.28. The molecule has 1 aromatic carbocycles. The van der Waals surface area contributed by atoms with Crippen LogP contribution in [0.5, 0.6) is 0 Å². The second kappa shape index (κ2) is 10.4. The fraction of sp³-hybridized carbons (Fsp3) is 0.364. The molecule has 41 heavy (non-hydrogen) atoms. The third-order valence-electron chi connectivity index (χ3n) is 9.05. The molecule has 2 fully saturated rings. The average molecular weight is 545 g/mol. The second-order valence-electron chi connectivity index (χ2n) is 12.2. The molecule has 0 radical (unpaired) electrons. The number of para-hydroxylation sites is 1. The summed E-state index contributed by atoms with van der Waals surface area (Å²) >= 11 is 0. The highest BCUT2D eigenvalue weighted by Crippen LogP contribution is 2.44. The van der Waals surface area contributed by atoms with Gasteiger partial charge in [-0.1, -0.05) is 38.5 Å².